The van der Waals surface area contributed by atoms with Crippen LogP contribution < -0.4 is 5.73 Å². The highest BCUT2D eigenvalue weighted by Crippen LogP contribution is 2.23. The fourth-order valence-corrected chi connectivity index (χ4v) is 1.31. The van der Waals surface area contributed by atoms with Gasteiger partial charge in [-0.25, -0.2) is 4.79 Å². The summed E-state index contributed by atoms with van der Waals surface area (Å²) in [7, 11) is 1.31. The zero-order valence-electron chi connectivity index (χ0n) is 7.61. The Morgan fingerprint density at radius 3 is 3.00 bits per heavy atom. The van der Waals surface area contributed by atoms with Crippen molar-refractivity contribution in [1.29, 1.82) is 0 Å². The SMILES string of the molecule is COC(=O)c1cc2occc2cc1N. The number of benzene rings is 1. The number of hydrogen-bond acceptors (Lipinski definition) is 4. The van der Waals surface area contributed by atoms with Crippen LogP contribution in [-0.2, 0) is 4.74 Å². The van der Waals surface area contributed by atoms with E-state index < -0.39 is 5.97 Å². The molecule has 72 valence electrons. The Hall–Kier alpha value is -1.97. The summed E-state index contributed by atoms with van der Waals surface area (Å²) in [5, 5.41) is 0.871. The number of methoxy groups -OCH3 is 1. The van der Waals surface area contributed by atoms with Crippen LogP contribution >= 0.6 is 0 Å². The number of carbonyl (C=O) groups excluding carboxylic acids is 1. The van der Waals surface area contributed by atoms with Crippen LogP contribution in [-0.4, -0.2) is 13.1 Å². The van der Waals surface area contributed by atoms with Gasteiger partial charge in [0.1, 0.15) is 5.58 Å². The number of hydrogen-bond donors (Lipinski definition) is 1. The number of ether oxygens (including phenoxy) is 1. The molecule has 0 saturated carbocycles. The fourth-order valence-electron chi connectivity index (χ4n) is 1.31. The molecule has 2 rings (SSSR count). The lowest BCUT2D eigenvalue weighted by atomic mass is 10.1. The van der Waals surface area contributed by atoms with Crippen LogP contribution in [0.2, 0.25) is 0 Å². The van der Waals surface area contributed by atoms with Crippen LogP contribution in [0, 0.1) is 0 Å². The van der Waals surface area contributed by atoms with Crippen LogP contribution in [0.4, 0.5) is 5.69 Å². The van der Waals surface area contributed by atoms with Crippen molar-refractivity contribution in [2.24, 2.45) is 0 Å². The molecule has 0 atom stereocenters. The molecular weight excluding hydrogens is 182 g/mol. The van der Waals surface area contributed by atoms with Gasteiger partial charge in [0, 0.05) is 11.1 Å². The van der Waals surface area contributed by atoms with E-state index in [1.54, 1.807) is 24.5 Å². The Bertz CT molecular complexity index is 487. The highest BCUT2D eigenvalue weighted by atomic mass is 16.5. The maximum absolute atomic E-state index is 11.3. The number of anilines is 1. The number of nitrogen functional groups attached to an aromatic ring is 1. The topological polar surface area (TPSA) is 65.5 Å². The normalized spacial score (nSPS) is 10.4. The molecule has 0 fully saturated rings. The molecule has 0 radical (unpaired) electrons. The molecule has 0 bridgehead atoms. The van der Waals surface area contributed by atoms with Crippen molar-refractivity contribution in [2.45, 2.75) is 0 Å². The average molecular weight is 191 g/mol. The van der Waals surface area contributed by atoms with Gasteiger partial charge in [-0.1, -0.05) is 0 Å². The Labute approximate surface area is 80.3 Å². The van der Waals surface area contributed by atoms with Crippen molar-refractivity contribution in [3.8, 4) is 0 Å². The van der Waals surface area contributed by atoms with Gasteiger partial charge in [0.25, 0.3) is 0 Å². The van der Waals surface area contributed by atoms with Gasteiger partial charge in [-0.3, -0.25) is 0 Å². The van der Waals surface area contributed by atoms with Gasteiger partial charge in [0.15, 0.2) is 0 Å². The van der Waals surface area contributed by atoms with Gasteiger partial charge in [0.05, 0.1) is 18.9 Å². The molecule has 0 aliphatic heterocycles. The third kappa shape index (κ3) is 1.21. The van der Waals surface area contributed by atoms with Gasteiger partial charge >= 0.3 is 5.97 Å². The van der Waals surface area contributed by atoms with Crippen molar-refractivity contribution >= 4 is 22.6 Å². The minimum absolute atomic E-state index is 0.329. The molecule has 0 amide bonds. The average Bonchev–Trinajstić information content (AvgIpc) is 2.62. The van der Waals surface area contributed by atoms with Gasteiger partial charge < -0.3 is 14.9 Å². The summed E-state index contributed by atoms with van der Waals surface area (Å²) < 4.78 is 9.73. The summed E-state index contributed by atoms with van der Waals surface area (Å²) in [5.41, 5.74) is 7.03. The van der Waals surface area contributed by atoms with Crippen LogP contribution in [0.5, 0.6) is 0 Å². The van der Waals surface area contributed by atoms with E-state index in [1.165, 1.54) is 7.11 Å². The lowest BCUT2D eigenvalue weighted by Gasteiger charge is -2.02. The predicted octanol–water partition coefficient (Wildman–Crippen LogP) is 1.80. The highest BCUT2D eigenvalue weighted by molar-refractivity contribution is 5.99. The molecule has 2 aromatic rings. The van der Waals surface area contributed by atoms with Gasteiger partial charge in [-0.05, 0) is 18.2 Å². The van der Waals surface area contributed by atoms with E-state index >= 15 is 0 Å². The molecule has 1 heterocycles. The maximum Gasteiger partial charge on any atom is 0.340 e. The zero-order chi connectivity index (χ0) is 10.1. The summed E-state index contributed by atoms with van der Waals surface area (Å²) >= 11 is 0. The summed E-state index contributed by atoms with van der Waals surface area (Å²) in [6.07, 6.45) is 1.55. The third-order valence-electron chi connectivity index (χ3n) is 2.03. The number of esters is 1. The first kappa shape index (κ1) is 8.62. The van der Waals surface area contributed by atoms with Gasteiger partial charge in [-0.15, -0.1) is 0 Å². The quantitative estimate of drug-likeness (QED) is 0.551. The van der Waals surface area contributed by atoms with Gasteiger partial charge in [0.2, 0.25) is 0 Å². The third-order valence-corrected chi connectivity index (χ3v) is 2.03. The molecule has 0 aliphatic rings. The molecule has 4 nitrogen and oxygen atoms in total. The van der Waals surface area contributed by atoms with E-state index in [2.05, 4.69) is 4.74 Å². The standard InChI is InChI=1S/C10H9NO3/c1-13-10(12)7-5-9-6(2-3-14-9)4-8(7)11/h2-5H,11H2,1H3. The molecule has 1 aromatic carbocycles. The minimum atomic E-state index is -0.458. The molecule has 0 aliphatic carbocycles. The Kier molecular flexibility index (Phi) is 1.89. The lowest BCUT2D eigenvalue weighted by Crippen LogP contribution is -2.05. The predicted molar refractivity (Wildman–Crippen MR) is 52.0 cm³/mol. The van der Waals surface area contributed by atoms with Crippen LogP contribution in [0.1, 0.15) is 10.4 Å². The Morgan fingerprint density at radius 1 is 1.50 bits per heavy atom. The number of fused-ring (bicyclic) bond motifs is 1. The fraction of sp³-hybridized carbons (Fsp3) is 0.100. The van der Waals surface area contributed by atoms with Crippen molar-refractivity contribution in [3.05, 3.63) is 30.0 Å². The first-order valence-electron chi connectivity index (χ1n) is 4.07. The summed E-state index contributed by atoms with van der Waals surface area (Å²) in [6.45, 7) is 0. The first-order chi connectivity index (χ1) is 6.72. The van der Waals surface area contributed by atoms with E-state index in [0.29, 0.717) is 16.8 Å². The molecular formula is C10H9NO3. The second-order valence-electron chi connectivity index (χ2n) is 2.89. The maximum atomic E-state index is 11.3. The number of furan rings is 1. The van der Waals surface area contributed by atoms with Crippen molar-refractivity contribution in [2.75, 3.05) is 12.8 Å². The van der Waals surface area contributed by atoms with Crippen molar-refractivity contribution in [1.82, 2.24) is 0 Å². The summed E-state index contributed by atoms with van der Waals surface area (Å²) in [6, 6.07) is 5.05. The molecule has 1 aromatic heterocycles. The monoisotopic (exact) mass is 191 g/mol. The van der Waals surface area contributed by atoms with E-state index in [-0.39, 0.29) is 0 Å². The number of rotatable bonds is 1. The van der Waals surface area contributed by atoms with Crippen LogP contribution in [0.3, 0.4) is 0 Å². The molecule has 14 heavy (non-hydrogen) atoms. The molecule has 0 spiro atoms. The van der Waals surface area contributed by atoms with E-state index in [9.17, 15) is 4.79 Å². The number of nitrogens with two attached hydrogens (primary N) is 1. The highest BCUT2D eigenvalue weighted by Gasteiger charge is 2.11. The Balaban J connectivity index is 2.64. The smallest absolute Gasteiger partial charge is 0.340 e. The van der Waals surface area contributed by atoms with Gasteiger partial charge in [-0.2, -0.15) is 0 Å². The van der Waals surface area contributed by atoms with E-state index in [4.69, 9.17) is 10.2 Å². The number of carbonyl (C=O) groups is 1. The second-order valence-corrected chi connectivity index (χ2v) is 2.89. The minimum Gasteiger partial charge on any atom is -0.465 e. The van der Waals surface area contributed by atoms with E-state index in [0.717, 1.165) is 5.39 Å². The second kappa shape index (κ2) is 3.06. The Morgan fingerprint density at radius 2 is 2.29 bits per heavy atom. The van der Waals surface area contributed by atoms with Crippen LogP contribution in [0.15, 0.2) is 28.9 Å². The molecule has 0 saturated heterocycles. The first-order valence-corrected chi connectivity index (χ1v) is 4.07. The van der Waals surface area contributed by atoms with Crippen molar-refractivity contribution < 1.29 is 13.9 Å². The van der Waals surface area contributed by atoms with Crippen LogP contribution in [0.25, 0.3) is 11.0 Å². The largest absolute Gasteiger partial charge is 0.465 e. The summed E-state index contributed by atoms with van der Waals surface area (Å²) in [4.78, 5) is 11.3. The zero-order valence-corrected chi connectivity index (χ0v) is 7.61. The molecule has 2 N–H and O–H groups in total. The summed E-state index contributed by atoms with van der Waals surface area (Å²) in [5.74, 6) is -0.458. The molecule has 4 heteroatoms. The van der Waals surface area contributed by atoms with Crippen molar-refractivity contribution in [3.63, 3.8) is 0 Å². The van der Waals surface area contributed by atoms with E-state index in [1.807, 2.05) is 0 Å². The lowest BCUT2D eigenvalue weighted by molar-refractivity contribution is 0.0602. The molecule has 0 unspecified atom stereocenters.